The smallest absolute Gasteiger partial charge is 0.256 e. The van der Waals surface area contributed by atoms with Crippen molar-refractivity contribution in [1.29, 1.82) is 0 Å². The monoisotopic (exact) mass is 308 g/mol. The maximum Gasteiger partial charge on any atom is 0.256 e. The number of pyridine rings is 1. The van der Waals surface area contributed by atoms with E-state index in [0.717, 1.165) is 32.2 Å². The van der Waals surface area contributed by atoms with E-state index in [2.05, 4.69) is 9.88 Å². The quantitative estimate of drug-likeness (QED) is 0.849. The number of piperazine rings is 1. The van der Waals surface area contributed by atoms with E-state index in [1.807, 2.05) is 4.90 Å². The number of nitrogens with two attached hydrogens (primary N) is 1. The van der Waals surface area contributed by atoms with Gasteiger partial charge in [0.15, 0.2) is 0 Å². The van der Waals surface area contributed by atoms with E-state index in [1.54, 1.807) is 6.07 Å². The highest BCUT2D eigenvalue weighted by atomic mass is 35.5. The highest BCUT2D eigenvalue weighted by Crippen LogP contribution is 2.25. The molecule has 1 amide bonds. The first-order valence-corrected chi connectivity index (χ1v) is 7.97. The van der Waals surface area contributed by atoms with E-state index in [4.69, 9.17) is 17.3 Å². The number of halogens is 1. The first-order chi connectivity index (χ1) is 10.1. The molecule has 1 aliphatic carbocycles. The van der Waals surface area contributed by atoms with E-state index in [0.29, 0.717) is 16.4 Å². The molecule has 3 rings (SSSR count). The van der Waals surface area contributed by atoms with Crippen LogP contribution < -0.4 is 5.73 Å². The molecule has 0 spiro atoms. The molecular weight excluding hydrogens is 288 g/mol. The first kappa shape index (κ1) is 14.6. The molecule has 1 saturated heterocycles. The van der Waals surface area contributed by atoms with Crippen LogP contribution in [-0.2, 0) is 0 Å². The minimum absolute atomic E-state index is 0.0390. The lowest BCUT2D eigenvalue weighted by Crippen LogP contribution is -2.51. The van der Waals surface area contributed by atoms with Gasteiger partial charge in [0.2, 0.25) is 0 Å². The number of aromatic nitrogens is 1. The Kier molecular flexibility index (Phi) is 4.31. The summed E-state index contributed by atoms with van der Waals surface area (Å²) in [5.41, 5.74) is 6.70. The molecule has 0 bridgehead atoms. The lowest BCUT2D eigenvalue weighted by molar-refractivity contribution is 0.0574. The van der Waals surface area contributed by atoms with E-state index in [-0.39, 0.29) is 5.91 Å². The second-order valence-corrected chi connectivity index (χ2v) is 6.25. The summed E-state index contributed by atoms with van der Waals surface area (Å²) < 4.78 is 0. The fourth-order valence-corrected chi connectivity index (χ4v) is 3.51. The summed E-state index contributed by atoms with van der Waals surface area (Å²) in [5.74, 6) is -0.0390. The van der Waals surface area contributed by atoms with Crippen molar-refractivity contribution in [2.75, 3.05) is 31.9 Å². The molecule has 1 saturated carbocycles. The van der Waals surface area contributed by atoms with Crippen LogP contribution in [0.4, 0.5) is 5.69 Å². The second-order valence-electron chi connectivity index (χ2n) is 5.86. The molecule has 0 unspecified atom stereocenters. The minimum atomic E-state index is -0.0390. The number of hydrogen-bond donors (Lipinski definition) is 1. The fraction of sp³-hybridized carbons (Fsp3) is 0.600. The van der Waals surface area contributed by atoms with Crippen molar-refractivity contribution < 1.29 is 4.79 Å². The van der Waals surface area contributed by atoms with Gasteiger partial charge in [0, 0.05) is 32.2 Å². The molecule has 1 aliphatic heterocycles. The van der Waals surface area contributed by atoms with E-state index in [9.17, 15) is 4.79 Å². The molecule has 1 aromatic rings. The van der Waals surface area contributed by atoms with Gasteiger partial charge in [-0.1, -0.05) is 24.4 Å². The highest BCUT2D eigenvalue weighted by Gasteiger charge is 2.28. The van der Waals surface area contributed by atoms with Crippen molar-refractivity contribution in [2.45, 2.75) is 31.7 Å². The van der Waals surface area contributed by atoms with Crippen molar-refractivity contribution >= 4 is 23.2 Å². The number of nitrogen functional groups attached to an aromatic ring is 1. The van der Waals surface area contributed by atoms with Crippen LogP contribution in [0.25, 0.3) is 0 Å². The predicted octanol–water partition coefficient (Wildman–Crippen LogP) is 2.02. The molecule has 2 aliphatic rings. The first-order valence-electron chi connectivity index (χ1n) is 7.59. The molecule has 2 heterocycles. The summed E-state index contributed by atoms with van der Waals surface area (Å²) in [6.45, 7) is 3.42. The maximum atomic E-state index is 12.5. The SMILES string of the molecule is Nc1cnc(Cl)cc1C(=O)N1CCN(C2CCCC2)CC1. The average Bonchev–Trinajstić information content (AvgIpc) is 3.03. The third-order valence-electron chi connectivity index (χ3n) is 4.57. The fourth-order valence-electron chi connectivity index (χ4n) is 3.36. The Morgan fingerprint density at radius 2 is 1.90 bits per heavy atom. The van der Waals surface area contributed by atoms with Crippen molar-refractivity contribution in [2.24, 2.45) is 0 Å². The van der Waals surface area contributed by atoms with Crippen LogP contribution in [0.3, 0.4) is 0 Å². The third kappa shape index (κ3) is 3.14. The Morgan fingerprint density at radius 3 is 2.57 bits per heavy atom. The van der Waals surface area contributed by atoms with Gasteiger partial charge in [-0.05, 0) is 18.9 Å². The topological polar surface area (TPSA) is 62.5 Å². The lowest BCUT2D eigenvalue weighted by Gasteiger charge is -2.38. The van der Waals surface area contributed by atoms with Gasteiger partial charge in [0.05, 0.1) is 17.4 Å². The van der Waals surface area contributed by atoms with Gasteiger partial charge < -0.3 is 10.6 Å². The van der Waals surface area contributed by atoms with Gasteiger partial charge >= 0.3 is 0 Å². The van der Waals surface area contributed by atoms with Crippen LogP contribution in [0, 0.1) is 0 Å². The van der Waals surface area contributed by atoms with Gasteiger partial charge in [-0.2, -0.15) is 0 Å². The number of rotatable bonds is 2. The van der Waals surface area contributed by atoms with E-state index >= 15 is 0 Å². The average molecular weight is 309 g/mol. The molecule has 1 aromatic heterocycles. The number of amides is 1. The largest absolute Gasteiger partial charge is 0.397 e. The zero-order chi connectivity index (χ0) is 14.8. The predicted molar refractivity (Wildman–Crippen MR) is 83.4 cm³/mol. The minimum Gasteiger partial charge on any atom is -0.397 e. The number of hydrogen-bond acceptors (Lipinski definition) is 4. The number of carbonyl (C=O) groups is 1. The standard InChI is InChI=1S/C15H21ClN4O/c16-14-9-12(13(17)10-18-14)15(21)20-7-5-19(6-8-20)11-3-1-2-4-11/h9-11H,1-8,17H2. The van der Waals surface area contributed by atoms with Gasteiger partial charge in [0.25, 0.3) is 5.91 Å². The normalized spacial score (nSPS) is 20.9. The third-order valence-corrected chi connectivity index (χ3v) is 4.78. The van der Waals surface area contributed by atoms with Gasteiger partial charge in [-0.15, -0.1) is 0 Å². The Morgan fingerprint density at radius 1 is 1.24 bits per heavy atom. The lowest BCUT2D eigenvalue weighted by atomic mass is 10.1. The molecule has 21 heavy (non-hydrogen) atoms. The molecular formula is C15H21ClN4O. The van der Waals surface area contributed by atoms with Gasteiger partial charge in [-0.25, -0.2) is 4.98 Å². The van der Waals surface area contributed by atoms with E-state index < -0.39 is 0 Å². The molecule has 0 radical (unpaired) electrons. The Bertz CT molecular complexity index is 522. The molecule has 0 atom stereocenters. The highest BCUT2D eigenvalue weighted by molar-refractivity contribution is 6.29. The van der Waals surface area contributed by atoms with Crippen molar-refractivity contribution in [3.05, 3.63) is 23.0 Å². The molecule has 2 N–H and O–H groups in total. The van der Waals surface area contributed by atoms with E-state index in [1.165, 1.54) is 31.9 Å². The Balaban J connectivity index is 1.63. The van der Waals surface area contributed by atoms with Crippen molar-refractivity contribution in [1.82, 2.24) is 14.8 Å². The van der Waals surface area contributed by atoms with Crippen LogP contribution in [0.15, 0.2) is 12.3 Å². The summed E-state index contributed by atoms with van der Waals surface area (Å²) in [6.07, 6.45) is 6.75. The maximum absolute atomic E-state index is 12.5. The number of anilines is 1. The number of nitrogens with zero attached hydrogens (tertiary/aromatic N) is 3. The van der Waals surface area contributed by atoms with Crippen molar-refractivity contribution in [3.8, 4) is 0 Å². The summed E-state index contributed by atoms with van der Waals surface area (Å²) in [6, 6.07) is 2.28. The Hall–Kier alpha value is -1.33. The van der Waals surface area contributed by atoms with Crippen LogP contribution in [0.1, 0.15) is 36.0 Å². The van der Waals surface area contributed by atoms with Crippen LogP contribution in [0.2, 0.25) is 5.15 Å². The van der Waals surface area contributed by atoms with Crippen LogP contribution in [0.5, 0.6) is 0 Å². The zero-order valence-corrected chi connectivity index (χ0v) is 12.9. The second kappa shape index (κ2) is 6.20. The molecule has 2 fully saturated rings. The zero-order valence-electron chi connectivity index (χ0n) is 12.1. The van der Waals surface area contributed by atoms with Crippen molar-refractivity contribution in [3.63, 3.8) is 0 Å². The van der Waals surface area contributed by atoms with Gasteiger partial charge in [-0.3, -0.25) is 9.69 Å². The summed E-state index contributed by atoms with van der Waals surface area (Å²) in [5, 5.41) is 0.303. The van der Waals surface area contributed by atoms with Gasteiger partial charge in [0.1, 0.15) is 5.15 Å². The number of carbonyl (C=O) groups excluding carboxylic acids is 1. The molecule has 5 nitrogen and oxygen atoms in total. The molecule has 6 heteroatoms. The Labute approximate surface area is 130 Å². The summed E-state index contributed by atoms with van der Waals surface area (Å²) >= 11 is 5.86. The summed E-state index contributed by atoms with van der Waals surface area (Å²) in [7, 11) is 0. The van der Waals surface area contributed by atoms with Crippen LogP contribution >= 0.6 is 11.6 Å². The molecule has 114 valence electrons. The summed E-state index contributed by atoms with van der Waals surface area (Å²) in [4.78, 5) is 20.8. The van der Waals surface area contributed by atoms with Crippen LogP contribution in [-0.4, -0.2) is 52.9 Å². The molecule has 0 aromatic carbocycles.